The number of fused-ring (bicyclic) bond motifs is 6. The number of nitrogen functional groups attached to an aromatic ring is 1. The molecule has 3 fully saturated rings. The first kappa shape index (κ1) is 20.9. The second-order valence-electron chi connectivity index (χ2n) is 9.48. The highest BCUT2D eigenvalue weighted by molar-refractivity contribution is 7.23. The second kappa shape index (κ2) is 7.31. The summed E-state index contributed by atoms with van der Waals surface area (Å²) < 4.78 is 38.3. The third-order valence-electron chi connectivity index (χ3n) is 7.53. The molecule has 6 heterocycles. The van der Waals surface area contributed by atoms with Gasteiger partial charge in [0.1, 0.15) is 34.5 Å². The molecule has 4 aliphatic rings. The van der Waals surface area contributed by atoms with E-state index in [1.54, 1.807) is 6.07 Å². The summed E-state index contributed by atoms with van der Waals surface area (Å²) in [5.74, 6) is -0.530. The zero-order chi connectivity index (χ0) is 24.0. The third-order valence-corrected chi connectivity index (χ3v) is 8.51. The molecule has 0 radical (unpaired) electrons. The molecule has 0 aliphatic carbocycles. The second-order valence-corrected chi connectivity index (χ2v) is 10.6. The molecule has 4 aliphatic heterocycles. The van der Waals surface area contributed by atoms with Gasteiger partial charge in [-0.1, -0.05) is 0 Å². The quantitative estimate of drug-likeness (QED) is 0.451. The molecule has 2 aromatic carbocycles. The lowest BCUT2D eigenvalue weighted by molar-refractivity contribution is 0.134. The highest BCUT2D eigenvalue weighted by Gasteiger charge is 2.45. The molecule has 2 bridgehead atoms. The van der Waals surface area contributed by atoms with E-state index >= 15 is 8.78 Å². The molecule has 10 heteroatoms. The number of likely N-dealkylation sites (N-methyl/N-ethyl adjacent to an activating group) is 1. The van der Waals surface area contributed by atoms with Gasteiger partial charge in [0.15, 0.2) is 5.82 Å². The summed E-state index contributed by atoms with van der Waals surface area (Å²) in [6, 6.07) is 5.58. The molecule has 35 heavy (non-hydrogen) atoms. The molecule has 0 amide bonds. The number of benzene rings is 2. The maximum atomic E-state index is 16.4. The van der Waals surface area contributed by atoms with Gasteiger partial charge < -0.3 is 20.3 Å². The van der Waals surface area contributed by atoms with E-state index in [0.29, 0.717) is 38.9 Å². The van der Waals surface area contributed by atoms with Crippen LogP contribution in [0.1, 0.15) is 23.1 Å². The van der Waals surface area contributed by atoms with Gasteiger partial charge in [0, 0.05) is 46.4 Å². The number of piperidine rings is 1. The number of aromatic nitrogens is 2. The van der Waals surface area contributed by atoms with E-state index in [9.17, 15) is 5.26 Å². The minimum absolute atomic E-state index is 0.0377. The molecule has 3 saturated heterocycles. The van der Waals surface area contributed by atoms with Crippen LogP contribution in [0.3, 0.4) is 0 Å². The number of ether oxygens (including phenoxy) is 1. The van der Waals surface area contributed by atoms with E-state index < -0.39 is 11.6 Å². The summed E-state index contributed by atoms with van der Waals surface area (Å²) in [5, 5.41) is 11.0. The Balaban J connectivity index is 1.54. The van der Waals surface area contributed by atoms with Gasteiger partial charge in [0.25, 0.3) is 0 Å². The first-order chi connectivity index (χ1) is 17.0. The lowest BCUT2D eigenvalue weighted by Gasteiger charge is -2.56. The highest BCUT2D eigenvalue weighted by atomic mass is 32.1. The Kier molecular flexibility index (Phi) is 4.37. The van der Waals surface area contributed by atoms with Gasteiger partial charge in [-0.15, -0.1) is 11.3 Å². The van der Waals surface area contributed by atoms with Crippen molar-refractivity contribution in [3.05, 3.63) is 46.8 Å². The minimum Gasteiger partial charge on any atom is -0.389 e. The number of nitrogens with zero attached hydrogens (tertiary/aromatic N) is 5. The predicted molar refractivity (Wildman–Crippen MR) is 130 cm³/mol. The summed E-state index contributed by atoms with van der Waals surface area (Å²) >= 11 is 1.19. The van der Waals surface area contributed by atoms with Crippen molar-refractivity contribution in [1.82, 2.24) is 14.9 Å². The van der Waals surface area contributed by atoms with E-state index in [2.05, 4.69) is 32.9 Å². The van der Waals surface area contributed by atoms with Gasteiger partial charge in [0.2, 0.25) is 0 Å². The maximum Gasteiger partial charge on any atom is 0.157 e. The van der Waals surface area contributed by atoms with E-state index in [0.717, 1.165) is 25.1 Å². The van der Waals surface area contributed by atoms with Crippen LogP contribution in [-0.4, -0.2) is 47.1 Å². The smallest absolute Gasteiger partial charge is 0.157 e. The summed E-state index contributed by atoms with van der Waals surface area (Å²) in [6.45, 7) is 2.24. The fourth-order valence-electron chi connectivity index (χ4n) is 6.11. The van der Waals surface area contributed by atoms with Crippen LogP contribution < -0.4 is 10.6 Å². The number of piperazine rings is 1. The molecular weight excluding hydrogens is 470 g/mol. The Bertz CT molecular complexity index is 1600. The van der Waals surface area contributed by atoms with Crippen LogP contribution in [0.5, 0.6) is 0 Å². The average molecular weight is 491 g/mol. The zero-order valence-electron chi connectivity index (χ0n) is 18.8. The van der Waals surface area contributed by atoms with Crippen LogP contribution in [0.4, 0.5) is 19.6 Å². The van der Waals surface area contributed by atoms with E-state index in [1.807, 2.05) is 0 Å². The lowest BCUT2D eigenvalue weighted by atomic mass is 9.86. The Morgan fingerprint density at radius 1 is 1.11 bits per heavy atom. The van der Waals surface area contributed by atoms with Gasteiger partial charge in [-0.05, 0) is 36.7 Å². The number of nitrogens with two attached hydrogens (primary N) is 1. The number of nitriles is 1. The number of hydrogen-bond acceptors (Lipinski definition) is 8. The molecule has 2 aromatic heterocycles. The van der Waals surface area contributed by atoms with Gasteiger partial charge in [0.05, 0.1) is 24.2 Å². The largest absolute Gasteiger partial charge is 0.389 e. The minimum atomic E-state index is -0.629. The first-order valence-electron chi connectivity index (χ1n) is 11.4. The average Bonchev–Trinajstić information content (AvgIpc) is 3.44. The molecule has 4 aromatic rings. The molecular formula is C25H20F2N6OS. The fraction of sp³-hybridized carbons (Fsp3) is 0.320. The van der Waals surface area contributed by atoms with Crippen molar-refractivity contribution in [3.8, 4) is 17.2 Å². The topological polar surface area (TPSA) is 91.3 Å². The zero-order valence-corrected chi connectivity index (χ0v) is 19.6. The number of halogens is 2. The summed E-state index contributed by atoms with van der Waals surface area (Å²) in [6.07, 6.45) is 2.46. The van der Waals surface area contributed by atoms with Crippen molar-refractivity contribution >= 4 is 43.1 Å². The molecule has 2 unspecified atom stereocenters. The van der Waals surface area contributed by atoms with Crippen LogP contribution in [0.25, 0.3) is 32.1 Å². The number of anilines is 2. The molecule has 2 N–H and O–H groups in total. The molecule has 8 rings (SSSR count). The Hall–Kier alpha value is -3.39. The van der Waals surface area contributed by atoms with Gasteiger partial charge in [-0.25, -0.2) is 18.7 Å². The van der Waals surface area contributed by atoms with Crippen molar-refractivity contribution in [3.63, 3.8) is 0 Å². The van der Waals surface area contributed by atoms with Crippen molar-refractivity contribution < 1.29 is 13.5 Å². The monoisotopic (exact) mass is 490 g/mol. The van der Waals surface area contributed by atoms with Crippen LogP contribution >= 0.6 is 11.3 Å². The SMILES string of the molecule is CN1CC2CC(C1)N2c1ncnc2c(F)c(-c3c(F)ccc4sc(N)c(C#N)c34)c3c(c12)COC3. The predicted octanol–water partition coefficient (Wildman–Crippen LogP) is 4.17. The molecule has 0 spiro atoms. The van der Waals surface area contributed by atoms with Gasteiger partial charge in [-0.3, -0.25) is 0 Å². The Labute approximate surface area is 203 Å². The van der Waals surface area contributed by atoms with Crippen LogP contribution in [0.15, 0.2) is 18.5 Å². The fourth-order valence-corrected chi connectivity index (χ4v) is 7.04. The van der Waals surface area contributed by atoms with Crippen molar-refractivity contribution in [2.75, 3.05) is 30.8 Å². The Morgan fingerprint density at radius 2 is 1.89 bits per heavy atom. The maximum absolute atomic E-state index is 16.4. The molecule has 0 saturated carbocycles. The van der Waals surface area contributed by atoms with E-state index in [-0.39, 0.29) is 40.4 Å². The van der Waals surface area contributed by atoms with Gasteiger partial charge in [-0.2, -0.15) is 5.26 Å². The number of rotatable bonds is 2. The summed E-state index contributed by atoms with van der Waals surface area (Å²) in [7, 11) is 2.11. The molecule has 2 atom stereocenters. The third kappa shape index (κ3) is 2.74. The normalized spacial score (nSPS) is 21.4. The molecule has 176 valence electrons. The van der Waals surface area contributed by atoms with E-state index in [1.165, 1.54) is 23.7 Å². The summed E-state index contributed by atoms with van der Waals surface area (Å²) in [4.78, 5) is 13.5. The van der Waals surface area contributed by atoms with Crippen molar-refractivity contribution in [1.29, 1.82) is 5.26 Å². The Morgan fingerprint density at radius 3 is 2.66 bits per heavy atom. The van der Waals surface area contributed by atoms with E-state index in [4.69, 9.17) is 10.5 Å². The van der Waals surface area contributed by atoms with Crippen LogP contribution in [-0.2, 0) is 18.0 Å². The summed E-state index contributed by atoms with van der Waals surface area (Å²) in [5.41, 5.74) is 7.85. The lowest BCUT2D eigenvalue weighted by Crippen LogP contribution is -2.68. The highest BCUT2D eigenvalue weighted by Crippen LogP contribution is 2.48. The standard InChI is InChI=1S/C25H20F2N6OS/c1-32-6-11-4-12(7-32)33(11)25-20-15-9-34-8-14(15)19(22(27)23(20)30-10-31-25)21-16(26)2-3-17-18(21)13(5-28)24(29)35-17/h2-3,10-12H,4,6-9,29H2,1H3. The first-order valence-corrected chi connectivity index (χ1v) is 12.2. The van der Waals surface area contributed by atoms with Crippen molar-refractivity contribution in [2.45, 2.75) is 31.7 Å². The van der Waals surface area contributed by atoms with Crippen LogP contribution in [0.2, 0.25) is 0 Å². The molecule has 7 nitrogen and oxygen atoms in total. The van der Waals surface area contributed by atoms with Gasteiger partial charge >= 0.3 is 0 Å². The number of hydrogen-bond donors (Lipinski definition) is 1. The van der Waals surface area contributed by atoms with Crippen molar-refractivity contribution in [2.24, 2.45) is 0 Å². The number of thiophene rings is 1. The van der Waals surface area contributed by atoms with Crippen LogP contribution in [0, 0.1) is 23.0 Å².